The quantitative estimate of drug-likeness (QED) is 0.571. The highest BCUT2D eigenvalue weighted by Gasteiger charge is 2.18. The minimum atomic E-state index is -1.91. The molecule has 0 heterocycles. The molecule has 0 aromatic heterocycles. The maximum absolute atomic E-state index is 12.4. The van der Waals surface area contributed by atoms with Gasteiger partial charge >= 0.3 is 0 Å². The van der Waals surface area contributed by atoms with Crippen LogP contribution in [-0.4, -0.2) is 19.0 Å². The Hall–Kier alpha value is -0.210. The van der Waals surface area contributed by atoms with Crippen molar-refractivity contribution in [1.82, 2.24) is 0 Å². The fraction of sp³-hybridized carbons (Fsp3) is 1.00. The monoisotopic (exact) mass is 154 g/mol. The van der Waals surface area contributed by atoms with Crippen LogP contribution in [0.5, 0.6) is 0 Å². The fourth-order valence-corrected chi connectivity index (χ4v) is 0.677. The molecule has 0 radical (unpaired) electrons. The third-order valence-corrected chi connectivity index (χ3v) is 1.37. The van der Waals surface area contributed by atoms with Crippen LogP contribution in [0.4, 0.5) is 13.2 Å². The minimum absolute atomic E-state index is 0.140. The van der Waals surface area contributed by atoms with Crippen LogP contribution >= 0.6 is 0 Å². The predicted octanol–water partition coefficient (Wildman–Crippen LogP) is 2.82. The van der Waals surface area contributed by atoms with Crippen molar-refractivity contribution in [3.63, 3.8) is 0 Å². The molecule has 0 fully saturated rings. The van der Waals surface area contributed by atoms with E-state index in [-0.39, 0.29) is 6.42 Å². The van der Waals surface area contributed by atoms with Crippen molar-refractivity contribution in [2.24, 2.45) is 0 Å². The molecule has 1 unspecified atom stereocenters. The lowest BCUT2D eigenvalue weighted by molar-refractivity contribution is 0.128. The van der Waals surface area contributed by atoms with E-state index in [0.29, 0.717) is 6.42 Å². The van der Waals surface area contributed by atoms with Crippen LogP contribution in [0.1, 0.15) is 26.2 Å². The first-order valence-electron chi connectivity index (χ1n) is 3.56. The molecule has 0 aliphatic rings. The molecule has 0 rings (SSSR count). The smallest absolute Gasteiger partial charge is 0.159 e. The van der Waals surface area contributed by atoms with Gasteiger partial charge < -0.3 is 0 Å². The number of alkyl halides is 3. The number of hydrogen-bond donors (Lipinski definition) is 0. The highest BCUT2D eigenvalue weighted by Crippen LogP contribution is 2.11. The Morgan fingerprint density at radius 1 is 1.20 bits per heavy atom. The van der Waals surface area contributed by atoms with Crippen LogP contribution < -0.4 is 0 Å². The number of hydrogen-bond acceptors (Lipinski definition) is 0. The summed E-state index contributed by atoms with van der Waals surface area (Å²) in [5.41, 5.74) is 0. The van der Waals surface area contributed by atoms with E-state index in [1.54, 1.807) is 0 Å². The van der Waals surface area contributed by atoms with Gasteiger partial charge in [-0.3, -0.25) is 0 Å². The third-order valence-electron chi connectivity index (χ3n) is 1.37. The lowest BCUT2D eigenvalue weighted by atomic mass is 10.1. The second kappa shape index (κ2) is 5.57. The minimum Gasteiger partial charge on any atom is -0.248 e. The van der Waals surface area contributed by atoms with E-state index in [4.69, 9.17) is 0 Å². The van der Waals surface area contributed by atoms with Gasteiger partial charge in [-0.15, -0.1) is 0 Å². The van der Waals surface area contributed by atoms with E-state index in [1.807, 2.05) is 6.92 Å². The summed E-state index contributed by atoms with van der Waals surface area (Å²) in [6, 6.07) is 0. The molecule has 10 heavy (non-hydrogen) atoms. The van der Waals surface area contributed by atoms with Crippen LogP contribution in [0.15, 0.2) is 0 Å². The molecule has 0 saturated heterocycles. The lowest BCUT2D eigenvalue weighted by Crippen LogP contribution is -2.18. The van der Waals surface area contributed by atoms with Crippen LogP contribution in [0, 0.1) is 0 Å². The van der Waals surface area contributed by atoms with Gasteiger partial charge in [-0.2, -0.15) is 0 Å². The van der Waals surface area contributed by atoms with Gasteiger partial charge in [-0.05, 0) is 6.42 Å². The summed E-state index contributed by atoms with van der Waals surface area (Å²) < 4.78 is 35.9. The van der Waals surface area contributed by atoms with E-state index >= 15 is 0 Å². The molecule has 3 heteroatoms. The van der Waals surface area contributed by atoms with E-state index in [9.17, 15) is 13.2 Å². The molecular formula is C7H13F3. The lowest BCUT2D eigenvalue weighted by Gasteiger charge is -2.08. The molecule has 0 aromatic carbocycles. The number of unbranched alkanes of at least 4 members (excludes halogenated alkanes) is 1. The molecular weight excluding hydrogens is 141 g/mol. The van der Waals surface area contributed by atoms with Crippen LogP contribution in [0.25, 0.3) is 0 Å². The summed E-state index contributed by atoms with van der Waals surface area (Å²) in [6.07, 6.45) is -1.93. The highest BCUT2D eigenvalue weighted by atomic mass is 19.2. The summed E-state index contributed by atoms with van der Waals surface area (Å²) in [5.74, 6) is 0. The molecule has 0 aliphatic heterocycles. The van der Waals surface area contributed by atoms with Crippen LogP contribution in [0.2, 0.25) is 0 Å². The molecule has 0 nitrogen and oxygen atoms in total. The Kier molecular flexibility index (Phi) is 5.45. The van der Waals surface area contributed by atoms with Gasteiger partial charge in [0.05, 0.1) is 0 Å². The van der Waals surface area contributed by atoms with Crippen molar-refractivity contribution >= 4 is 0 Å². The molecule has 0 aliphatic carbocycles. The summed E-state index contributed by atoms with van der Waals surface area (Å²) >= 11 is 0. The number of halogens is 3. The van der Waals surface area contributed by atoms with Gasteiger partial charge in [0, 0.05) is 0 Å². The van der Waals surface area contributed by atoms with Crippen molar-refractivity contribution in [2.75, 3.05) is 6.67 Å². The normalized spacial score (nSPS) is 16.8. The van der Waals surface area contributed by atoms with E-state index in [0.717, 1.165) is 6.42 Å². The Morgan fingerprint density at radius 2 is 1.80 bits per heavy atom. The molecule has 0 saturated carbocycles. The van der Waals surface area contributed by atoms with Gasteiger partial charge in [0.15, 0.2) is 6.17 Å². The molecule has 2 atom stereocenters. The maximum Gasteiger partial charge on any atom is 0.159 e. The zero-order chi connectivity index (χ0) is 7.98. The van der Waals surface area contributed by atoms with E-state index in [1.165, 1.54) is 0 Å². The highest BCUT2D eigenvalue weighted by molar-refractivity contribution is 4.66. The standard InChI is InChI=1S/C7H13F3/c1-2-3-4-6(9)7(10)5-8/h6-7H,2-5H2,1H3/t6?,7-/m0/s1. The van der Waals surface area contributed by atoms with Gasteiger partial charge in [0.1, 0.15) is 12.8 Å². The summed E-state index contributed by atoms with van der Waals surface area (Å²) in [7, 11) is 0. The van der Waals surface area contributed by atoms with Crippen molar-refractivity contribution in [2.45, 2.75) is 38.5 Å². The average molecular weight is 154 g/mol. The molecule has 62 valence electrons. The molecule has 0 amide bonds. The zero-order valence-electron chi connectivity index (χ0n) is 6.12. The summed E-state index contributed by atoms with van der Waals surface area (Å²) in [6.45, 7) is 0.681. The van der Waals surface area contributed by atoms with Crippen molar-refractivity contribution in [1.29, 1.82) is 0 Å². The van der Waals surface area contributed by atoms with Gasteiger partial charge in [0.2, 0.25) is 0 Å². The molecule has 0 aromatic rings. The molecule has 0 N–H and O–H groups in total. The van der Waals surface area contributed by atoms with Crippen LogP contribution in [-0.2, 0) is 0 Å². The summed E-state index contributed by atoms with van der Waals surface area (Å²) in [4.78, 5) is 0. The second-order valence-electron chi connectivity index (χ2n) is 2.33. The Labute approximate surface area is 59.4 Å². The first-order chi connectivity index (χ1) is 4.72. The first kappa shape index (κ1) is 9.79. The fourth-order valence-electron chi connectivity index (χ4n) is 0.677. The Balaban J connectivity index is 3.31. The van der Waals surface area contributed by atoms with Gasteiger partial charge in [-0.1, -0.05) is 19.8 Å². The molecule has 0 spiro atoms. The van der Waals surface area contributed by atoms with Gasteiger partial charge in [-0.25, -0.2) is 13.2 Å². The van der Waals surface area contributed by atoms with Crippen molar-refractivity contribution < 1.29 is 13.2 Å². The van der Waals surface area contributed by atoms with Crippen molar-refractivity contribution in [3.8, 4) is 0 Å². The van der Waals surface area contributed by atoms with Crippen LogP contribution in [0.3, 0.4) is 0 Å². The Morgan fingerprint density at radius 3 is 2.20 bits per heavy atom. The Bertz CT molecular complexity index is 75.3. The zero-order valence-corrected chi connectivity index (χ0v) is 6.12. The third kappa shape index (κ3) is 3.75. The SMILES string of the molecule is CCCCC(F)[C@@H](F)CF. The second-order valence-corrected chi connectivity index (χ2v) is 2.33. The topological polar surface area (TPSA) is 0 Å². The maximum atomic E-state index is 12.4. The summed E-state index contributed by atoms with van der Waals surface area (Å²) in [5, 5.41) is 0. The van der Waals surface area contributed by atoms with E-state index < -0.39 is 19.0 Å². The van der Waals surface area contributed by atoms with Gasteiger partial charge in [0.25, 0.3) is 0 Å². The number of rotatable bonds is 5. The van der Waals surface area contributed by atoms with E-state index in [2.05, 4.69) is 0 Å². The predicted molar refractivity (Wildman–Crippen MR) is 35.3 cm³/mol. The van der Waals surface area contributed by atoms with Crippen molar-refractivity contribution in [3.05, 3.63) is 0 Å². The first-order valence-corrected chi connectivity index (χ1v) is 3.56. The molecule has 0 bridgehead atoms. The largest absolute Gasteiger partial charge is 0.248 e. The average Bonchev–Trinajstić information content (AvgIpc) is 1.98.